The maximum Gasteiger partial charge on any atom is 0.239 e. The molecule has 0 spiro atoms. The van der Waals surface area contributed by atoms with Gasteiger partial charge in [-0.05, 0) is 42.2 Å². The number of amides is 2. The Kier molecular flexibility index (Phi) is 8.34. The van der Waals surface area contributed by atoms with Gasteiger partial charge in [-0.15, -0.1) is 0 Å². The maximum atomic E-state index is 12.2. The van der Waals surface area contributed by atoms with E-state index in [1.54, 1.807) is 19.1 Å². The fourth-order valence-electron chi connectivity index (χ4n) is 2.88. The number of nitrogens with zero attached hydrogens (tertiary/aromatic N) is 1. The molecule has 0 radical (unpaired) electrons. The van der Waals surface area contributed by atoms with Gasteiger partial charge in [-0.25, -0.2) is 0 Å². The van der Waals surface area contributed by atoms with Gasteiger partial charge < -0.3 is 19.7 Å². The molecule has 28 heavy (non-hydrogen) atoms. The van der Waals surface area contributed by atoms with Crippen molar-refractivity contribution in [2.24, 2.45) is 0 Å². The van der Waals surface area contributed by atoms with Gasteiger partial charge in [0.2, 0.25) is 11.8 Å². The van der Waals surface area contributed by atoms with Crippen LogP contribution >= 0.6 is 0 Å². The van der Waals surface area contributed by atoms with E-state index in [9.17, 15) is 9.59 Å². The summed E-state index contributed by atoms with van der Waals surface area (Å²) in [6, 6.07) is 15.4. The number of rotatable bonds is 10. The van der Waals surface area contributed by atoms with E-state index in [1.165, 1.54) is 6.92 Å². The van der Waals surface area contributed by atoms with E-state index in [4.69, 9.17) is 9.47 Å². The molecule has 0 saturated carbocycles. The summed E-state index contributed by atoms with van der Waals surface area (Å²) in [6.07, 6.45) is 1.35. The third-order valence-corrected chi connectivity index (χ3v) is 4.52. The zero-order valence-corrected chi connectivity index (χ0v) is 16.7. The summed E-state index contributed by atoms with van der Waals surface area (Å²) in [5, 5.41) is 2.88. The molecule has 2 rings (SSSR count). The van der Waals surface area contributed by atoms with Gasteiger partial charge in [-0.3, -0.25) is 9.59 Å². The van der Waals surface area contributed by atoms with E-state index in [2.05, 4.69) is 5.32 Å². The van der Waals surface area contributed by atoms with Crippen LogP contribution in [0, 0.1) is 0 Å². The molecule has 0 saturated heterocycles. The number of benzene rings is 2. The van der Waals surface area contributed by atoms with E-state index in [-0.39, 0.29) is 18.4 Å². The van der Waals surface area contributed by atoms with Crippen LogP contribution in [-0.4, -0.2) is 50.6 Å². The minimum atomic E-state index is -0.167. The number of hydrogen-bond donors (Lipinski definition) is 1. The van der Waals surface area contributed by atoms with Crippen molar-refractivity contribution < 1.29 is 19.1 Å². The smallest absolute Gasteiger partial charge is 0.239 e. The fourth-order valence-corrected chi connectivity index (χ4v) is 2.88. The van der Waals surface area contributed by atoms with Crippen molar-refractivity contribution >= 4 is 11.8 Å². The number of hydrogen-bond acceptors (Lipinski definition) is 4. The SMILES string of the molecule is COc1ccc(CCN(CC(=O)NCCc2ccccc2OC)C(C)=O)cc1. The predicted molar refractivity (Wildman–Crippen MR) is 109 cm³/mol. The van der Waals surface area contributed by atoms with Crippen molar-refractivity contribution in [3.63, 3.8) is 0 Å². The number of para-hydroxylation sites is 1. The van der Waals surface area contributed by atoms with Crippen LogP contribution in [0.1, 0.15) is 18.1 Å². The molecule has 0 aliphatic rings. The number of methoxy groups -OCH3 is 2. The topological polar surface area (TPSA) is 67.9 Å². The number of carbonyl (C=O) groups excluding carboxylic acids is 2. The zero-order chi connectivity index (χ0) is 20.4. The first-order valence-corrected chi connectivity index (χ1v) is 9.30. The Labute approximate surface area is 166 Å². The monoisotopic (exact) mass is 384 g/mol. The van der Waals surface area contributed by atoms with E-state index < -0.39 is 0 Å². The summed E-state index contributed by atoms with van der Waals surface area (Å²) in [5.41, 5.74) is 2.12. The number of carbonyl (C=O) groups is 2. The van der Waals surface area contributed by atoms with Crippen LogP contribution in [0.3, 0.4) is 0 Å². The molecule has 1 N–H and O–H groups in total. The minimum Gasteiger partial charge on any atom is -0.497 e. The van der Waals surface area contributed by atoms with Gasteiger partial charge in [0.25, 0.3) is 0 Å². The van der Waals surface area contributed by atoms with Crippen LogP contribution in [0.5, 0.6) is 11.5 Å². The van der Waals surface area contributed by atoms with Crippen molar-refractivity contribution in [1.82, 2.24) is 10.2 Å². The Morgan fingerprint density at radius 1 is 0.964 bits per heavy atom. The average Bonchev–Trinajstić information content (AvgIpc) is 2.71. The lowest BCUT2D eigenvalue weighted by atomic mass is 10.1. The zero-order valence-electron chi connectivity index (χ0n) is 16.7. The Hall–Kier alpha value is -3.02. The summed E-state index contributed by atoms with van der Waals surface area (Å²) >= 11 is 0. The van der Waals surface area contributed by atoms with Crippen molar-refractivity contribution in [1.29, 1.82) is 0 Å². The van der Waals surface area contributed by atoms with Crippen LogP contribution in [0.25, 0.3) is 0 Å². The largest absolute Gasteiger partial charge is 0.497 e. The first-order valence-electron chi connectivity index (χ1n) is 9.30. The van der Waals surface area contributed by atoms with Gasteiger partial charge in [0, 0.05) is 20.0 Å². The molecule has 2 aromatic carbocycles. The maximum absolute atomic E-state index is 12.2. The first-order chi connectivity index (χ1) is 13.5. The molecule has 0 aromatic heterocycles. The lowest BCUT2D eigenvalue weighted by Gasteiger charge is -2.20. The molecule has 0 atom stereocenters. The molecule has 6 heteroatoms. The highest BCUT2D eigenvalue weighted by Crippen LogP contribution is 2.17. The molecule has 0 aliphatic heterocycles. The second-order valence-electron chi connectivity index (χ2n) is 6.45. The Morgan fingerprint density at radius 3 is 2.32 bits per heavy atom. The molecule has 0 aliphatic carbocycles. The second kappa shape index (κ2) is 11.0. The van der Waals surface area contributed by atoms with E-state index >= 15 is 0 Å². The summed E-state index contributed by atoms with van der Waals surface area (Å²) < 4.78 is 10.5. The molecule has 0 unspecified atom stereocenters. The lowest BCUT2D eigenvalue weighted by molar-refractivity contribution is -0.134. The van der Waals surface area contributed by atoms with Crippen molar-refractivity contribution in [3.8, 4) is 11.5 Å². The summed E-state index contributed by atoms with van der Waals surface area (Å²) in [6.45, 7) is 2.51. The van der Waals surface area contributed by atoms with Gasteiger partial charge in [-0.2, -0.15) is 0 Å². The molecule has 150 valence electrons. The van der Waals surface area contributed by atoms with Crippen molar-refractivity contribution in [3.05, 3.63) is 59.7 Å². The average molecular weight is 384 g/mol. The lowest BCUT2D eigenvalue weighted by Crippen LogP contribution is -2.41. The summed E-state index contributed by atoms with van der Waals surface area (Å²) in [5.74, 6) is 1.32. The van der Waals surface area contributed by atoms with Crippen LogP contribution in [0.4, 0.5) is 0 Å². The molecule has 6 nitrogen and oxygen atoms in total. The van der Waals surface area contributed by atoms with Crippen LogP contribution < -0.4 is 14.8 Å². The third kappa shape index (κ3) is 6.61. The van der Waals surface area contributed by atoms with E-state index in [0.717, 1.165) is 22.6 Å². The third-order valence-electron chi connectivity index (χ3n) is 4.52. The van der Waals surface area contributed by atoms with E-state index in [1.807, 2.05) is 48.5 Å². The van der Waals surface area contributed by atoms with Gasteiger partial charge in [0.05, 0.1) is 20.8 Å². The quantitative estimate of drug-likeness (QED) is 0.683. The molecule has 2 aromatic rings. The second-order valence-corrected chi connectivity index (χ2v) is 6.45. The molecular formula is C22H28N2O4. The Bertz CT molecular complexity index is 774. The van der Waals surface area contributed by atoms with Gasteiger partial charge in [0.1, 0.15) is 11.5 Å². The number of nitrogens with one attached hydrogen (secondary N) is 1. The normalized spacial score (nSPS) is 10.2. The van der Waals surface area contributed by atoms with Crippen molar-refractivity contribution in [2.45, 2.75) is 19.8 Å². The molecule has 0 bridgehead atoms. The fraction of sp³-hybridized carbons (Fsp3) is 0.364. The minimum absolute atomic E-state index is 0.0530. The Morgan fingerprint density at radius 2 is 1.68 bits per heavy atom. The van der Waals surface area contributed by atoms with Crippen molar-refractivity contribution in [2.75, 3.05) is 33.9 Å². The standard InChI is InChI=1S/C22H28N2O4/c1-17(25)24(15-13-18-8-10-20(27-2)11-9-18)16-22(26)23-14-12-19-6-4-5-7-21(19)28-3/h4-11H,12-16H2,1-3H3,(H,23,26). The predicted octanol–water partition coefficient (Wildman–Crippen LogP) is 2.45. The van der Waals surface area contributed by atoms with Crippen LogP contribution in [-0.2, 0) is 22.4 Å². The van der Waals surface area contributed by atoms with Crippen LogP contribution in [0.2, 0.25) is 0 Å². The van der Waals surface area contributed by atoms with E-state index in [0.29, 0.717) is 25.9 Å². The molecule has 0 heterocycles. The highest BCUT2D eigenvalue weighted by Gasteiger charge is 2.13. The van der Waals surface area contributed by atoms with Gasteiger partial charge >= 0.3 is 0 Å². The molecule has 0 fully saturated rings. The Balaban J connectivity index is 1.80. The summed E-state index contributed by atoms with van der Waals surface area (Å²) in [4.78, 5) is 25.7. The highest BCUT2D eigenvalue weighted by atomic mass is 16.5. The first kappa shape index (κ1) is 21.3. The highest BCUT2D eigenvalue weighted by molar-refractivity contribution is 5.83. The number of ether oxygens (including phenoxy) is 2. The van der Waals surface area contributed by atoms with Crippen LogP contribution in [0.15, 0.2) is 48.5 Å². The van der Waals surface area contributed by atoms with Gasteiger partial charge in [-0.1, -0.05) is 30.3 Å². The molecule has 2 amide bonds. The summed E-state index contributed by atoms with van der Waals surface area (Å²) in [7, 11) is 3.25. The molecular weight excluding hydrogens is 356 g/mol. The van der Waals surface area contributed by atoms with Gasteiger partial charge in [0.15, 0.2) is 0 Å².